The number of allylic oxidation sites excluding steroid dienone is 9. The summed E-state index contributed by atoms with van der Waals surface area (Å²) in [6.07, 6.45) is 41.6. The number of carbonyl (C=O) groups is 1. The van der Waals surface area contributed by atoms with Crippen molar-refractivity contribution in [2.24, 2.45) is 5.73 Å². The summed E-state index contributed by atoms with van der Waals surface area (Å²) < 4.78 is 22.0. The first-order valence-electron chi connectivity index (χ1n) is 20.0. The van der Waals surface area contributed by atoms with Crippen LogP contribution < -0.4 is 11.1 Å². The number of phosphoric acid groups is 1. The van der Waals surface area contributed by atoms with Gasteiger partial charge in [-0.1, -0.05) is 145 Å². The number of carbonyl (C=O) groups excluding carboxylic acids is 1. The highest BCUT2D eigenvalue weighted by Gasteiger charge is 2.27. The van der Waals surface area contributed by atoms with Gasteiger partial charge in [0.25, 0.3) is 0 Å². The summed E-state index contributed by atoms with van der Waals surface area (Å²) in [5, 5.41) is 23.9. The van der Waals surface area contributed by atoms with Crippen LogP contribution in [0.2, 0.25) is 0 Å². The quantitative estimate of drug-likeness (QED) is 0.0185. The highest BCUT2D eigenvalue weighted by Crippen LogP contribution is 2.43. The van der Waals surface area contributed by atoms with Crippen molar-refractivity contribution in [3.05, 3.63) is 60.8 Å². The van der Waals surface area contributed by atoms with Gasteiger partial charge >= 0.3 is 7.82 Å². The van der Waals surface area contributed by atoms with E-state index in [9.17, 15) is 24.5 Å². The molecule has 0 aromatic carbocycles. The minimum absolute atomic E-state index is 0.0389. The first kappa shape index (κ1) is 49.2. The molecular formula is C41H75N2O7P. The average Bonchev–Trinajstić information content (AvgIpc) is 3.10. The zero-order valence-electron chi connectivity index (χ0n) is 32.2. The van der Waals surface area contributed by atoms with Gasteiger partial charge < -0.3 is 26.2 Å². The second-order valence-corrected chi connectivity index (χ2v) is 14.8. The Morgan fingerprint density at radius 3 is 1.78 bits per heavy atom. The fourth-order valence-corrected chi connectivity index (χ4v) is 6.06. The molecule has 0 aromatic rings. The Morgan fingerprint density at radius 1 is 0.686 bits per heavy atom. The van der Waals surface area contributed by atoms with Crippen molar-refractivity contribution >= 4 is 13.7 Å². The van der Waals surface area contributed by atoms with Gasteiger partial charge in [0.2, 0.25) is 5.91 Å². The largest absolute Gasteiger partial charge is 0.472 e. The van der Waals surface area contributed by atoms with E-state index < -0.39 is 38.6 Å². The topological polar surface area (TPSA) is 151 Å². The van der Waals surface area contributed by atoms with Crippen LogP contribution in [0.25, 0.3) is 0 Å². The number of rotatable bonds is 36. The van der Waals surface area contributed by atoms with Gasteiger partial charge in [-0.3, -0.25) is 13.8 Å². The van der Waals surface area contributed by atoms with E-state index in [0.717, 1.165) is 51.4 Å². The van der Waals surface area contributed by atoms with Crippen LogP contribution in [0, 0.1) is 0 Å². The van der Waals surface area contributed by atoms with Gasteiger partial charge in [-0.05, 0) is 64.2 Å². The van der Waals surface area contributed by atoms with E-state index in [1.54, 1.807) is 6.08 Å². The van der Waals surface area contributed by atoms with Crippen molar-refractivity contribution in [1.29, 1.82) is 0 Å². The maximum absolute atomic E-state index is 12.8. The smallest absolute Gasteiger partial charge is 0.393 e. The molecule has 0 fully saturated rings. The predicted octanol–water partition coefficient (Wildman–Crippen LogP) is 9.69. The molecule has 0 aliphatic rings. The maximum Gasteiger partial charge on any atom is 0.472 e. The minimum atomic E-state index is -4.41. The van der Waals surface area contributed by atoms with E-state index in [0.29, 0.717) is 12.8 Å². The number of phosphoric ester groups is 1. The van der Waals surface area contributed by atoms with Crippen LogP contribution in [0.1, 0.15) is 155 Å². The van der Waals surface area contributed by atoms with Crippen LogP contribution in [0.4, 0.5) is 0 Å². The highest BCUT2D eigenvalue weighted by atomic mass is 31.2. The summed E-state index contributed by atoms with van der Waals surface area (Å²) in [6, 6.07) is -1.01. The van der Waals surface area contributed by atoms with Crippen molar-refractivity contribution in [3.8, 4) is 0 Å². The standard InChI is InChI=1S/C41H75N2O7P/c1-3-5-7-9-11-13-15-17-18-19-20-21-22-24-26-28-30-32-38(44)36-41(46)43-39(37-50-51(47,48)49-35-34-42)40(45)33-31-29-27-25-23-16-14-12-10-8-6-4-2/h10-13,15,17,23,25,31,33,38-40,44-45H,3-9,14,16,18-22,24,26-30,32,34-37,42H2,1-2H3,(H,43,46)(H,47,48)/b12-10+,13-11-,17-15-,25-23+,33-31+. The van der Waals surface area contributed by atoms with Crippen molar-refractivity contribution in [2.75, 3.05) is 19.8 Å². The van der Waals surface area contributed by atoms with Crippen LogP contribution in [-0.4, -0.2) is 59.0 Å². The van der Waals surface area contributed by atoms with Crippen molar-refractivity contribution in [1.82, 2.24) is 5.32 Å². The monoisotopic (exact) mass is 739 g/mol. The van der Waals surface area contributed by atoms with Gasteiger partial charge in [-0.25, -0.2) is 4.57 Å². The van der Waals surface area contributed by atoms with E-state index in [1.165, 1.54) is 70.6 Å². The highest BCUT2D eigenvalue weighted by molar-refractivity contribution is 7.47. The number of hydrogen-bond acceptors (Lipinski definition) is 7. The number of nitrogens with two attached hydrogens (primary N) is 1. The lowest BCUT2D eigenvalue weighted by molar-refractivity contribution is -0.124. The van der Waals surface area contributed by atoms with Gasteiger partial charge in [0.15, 0.2) is 0 Å². The van der Waals surface area contributed by atoms with E-state index in [4.69, 9.17) is 14.8 Å². The molecule has 0 aliphatic carbocycles. The lowest BCUT2D eigenvalue weighted by Gasteiger charge is -2.24. The second-order valence-electron chi connectivity index (χ2n) is 13.3. The van der Waals surface area contributed by atoms with E-state index in [2.05, 4.69) is 67.8 Å². The molecule has 0 bridgehead atoms. The maximum atomic E-state index is 12.8. The Morgan fingerprint density at radius 2 is 1.20 bits per heavy atom. The zero-order chi connectivity index (χ0) is 37.7. The third kappa shape index (κ3) is 35.0. The molecule has 10 heteroatoms. The summed E-state index contributed by atoms with van der Waals surface area (Å²) in [6.45, 7) is 3.83. The molecule has 4 atom stereocenters. The minimum Gasteiger partial charge on any atom is -0.393 e. The Balaban J connectivity index is 4.42. The fourth-order valence-electron chi connectivity index (χ4n) is 5.30. The van der Waals surface area contributed by atoms with Crippen LogP contribution in [-0.2, 0) is 18.4 Å². The predicted molar refractivity (Wildman–Crippen MR) is 213 cm³/mol. The van der Waals surface area contributed by atoms with Crippen molar-refractivity contribution in [2.45, 2.75) is 173 Å². The zero-order valence-corrected chi connectivity index (χ0v) is 33.1. The summed E-state index contributed by atoms with van der Waals surface area (Å²) in [7, 11) is -4.41. The molecule has 6 N–H and O–H groups in total. The van der Waals surface area contributed by atoms with Crippen molar-refractivity contribution in [3.63, 3.8) is 0 Å². The van der Waals surface area contributed by atoms with Gasteiger partial charge in [0, 0.05) is 6.54 Å². The number of hydrogen-bond donors (Lipinski definition) is 5. The average molecular weight is 739 g/mol. The van der Waals surface area contributed by atoms with E-state index in [-0.39, 0.29) is 19.6 Å². The third-order valence-corrected chi connectivity index (χ3v) is 9.36. The first-order valence-corrected chi connectivity index (χ1v) is 21.5. The fraction of sp³-hybridized carbons (Fsp3) is 0.732. The molecule has 0 aliphatic heterocycles. The Hall–Kier alpha value is -1.84. The number of nitrogens with one attached hydrogen (secondary N) is 1. The molecule has 0 saturated heterocycles. The summed E-state index contributed by atoms with van der Waals surface area (Å²) in [5.74, 6) is -0.469. The van der Waals surface area contributed by atoms with Crippen molar-refractivity contribution < 1.29 is 33.5 Å². The van der Waals surface area contributed by atoms with Crippen LogP contribution >= 0.6 is 7.82 Å². The normalized spacial score (nSPS) is 15.5. The number of unbranched alkanes of at least 4 members (excludes halogenated alkanes) is 15. The molecule has 4 unspecified atom stereocenters. The molecule has 0 aromatic heterocycles. The third-order valence-electron chi connectivity index (χ3n) is 8.38. The summed E-state index contributed by atoms with van der Waals surface area (Å²) >= 11 is 0. The molecule has 0 rings (SSSR count). The van der Waals surface area contributed by atoms with Crippen LogP contribution in [0.5, 0.6) is 0 Å². The van der Waals surface area contributed by atoms with E-state index >= 15 is 0 Å². The molecular weight excluding hydrogens is 663 g/mol. The number of aliphatic hydroxyl groups is 2. The Kier molecular flexibility index (Phi) is 35.2. The molecule has 296 valence electrons. The lowest BCUT2D eigenvalue weighted by Crippen LogP contribution is -2.46. The van der Waals surface area contributed by atoms with Crippen LogP contribution in [0.3, 0.4) is 0 Å². The summed E-state index contributed by atoms with van der Waals surface area (Å²) in [5.41, 5.74) is 5.34. The second kappa shape index (κ2) is 36.5. The molecule has 0 saturated carbocycles. The number of amides is 1. The Bertz CT molecular complexity index is 999. The molecule has 9 nitrogen and oxygen atoms in total. The molecule has 51 heavy (non-hydrogen) atoms. The SMILES string of the molecule is CCCC/C=C/CC/C=C/CC/C=C/C(O)C(COP(=O)(O)OCCN)NC(=O)CC(O)CCCCCCCCCC/C=C\C=C/CCCCC. The first-order chi connectivity index (χ1) is 24.8. The van der Waals surface area contributed by atoms with Gasteiger partial charge in [-0.15, -0.1) is 0 Å². The van der Waals surface area contributed by atoms with E-state index in [1.807, 2.05) is 6.08 Å². The molecule has 1 amide bonds. The summed E-state index contributed by atoms with van der Waals surface area (Å²) in [4.78, 5) is 22.7. The number of aliphatic hydroxyl groups excluding tert-OH is 2. The molecule has 0 spiro atoms. The molecule has 0 radical (unpaired) electrons. The van der Waals surface area contributed by atoms with Gasteiger partial charge in [-0.2, -0.15) is 0 Å². The van der Waals surface area contributed by atoms with Crippen LogP contribution in [0.15, 0.2) is 60.8 Å². The molecule has 0 heterocycles. The van der Waals surface area contributed by atoms with Gasteiger partial charge in [0.05, 0.1) is 37.9 Å². The lowest BCUT2D eigenvalue weighted by atomic mass is 10.0. The Labute approximate surface area is 311 Å². The van der Waals surface area contributed by atoms with Gasteiger partial charge in [0.1, 0.15) is 0 Å².